The van der Waals surface area contributed by atoms with Crippen LogP contribution in [0.15, 0.2) is 12.1 Å². The van der Waals surface area contributed by atoms with Gasteiger partial charge in [0.05, 0.1) is 5.92 Å². The molecule has 0 bridgehead atoms. The monoisotopic (exact) mass is 216 g/mol. The molecular formula is C11H11F3O. The average Bonchev–Trinajstić information content (AvgIpc) is 2.17. The molecule has 1 aromatic rings. The summed E-state index contributed by atoms with van der Waals surface area (Å²) in [4.78, 5) is 0. The minimum Gasteiger partial charge on any atom is -0.487 e. The molecule has 0 aromatic heterocycles. The van der Waals surface area contributed by atoms with Crippen LogP contribution in [-0.2, 0) is 0 Å². The molecule has 0 spiro atoms. The zero-order chi connectivity index (χ0) is 11.2. The largest absolute Gasteiger partial charge is 0.487 e. The quantitative estimate of drug-likeness (QED) is 0.646. The molecule has 0 amide bonds. The molecule has 1 nitrogen and oxygen atoms in total. The van der Waals surface area contributed by atoms with Crippen molar-refractivity contribution < 1.29 is 17.9 Å². The lowest BCUT2D eigenvalue weighted by molar-refractivity contribution is -0.0725. The Labute approximate surface area is 85.9 Å². The highest BCUT2D eigenvalue weighted by Crippen LogP contribution is 2.44. The predicted octanol–water partition coefficient (Wildman–Crippen LogP) is 3.27. The molecule has 1 aliphatic rings. The van der Waals surface area contributed by atoms with Gasteiger partial charge in [-0.2, -0.15) is 0 Å². The Balaban J connectivity index is 2.59. The minimum absolute atomic E-state index is 0.249. The Kier molecular flexibility index (Phi) is 2.17. The molecular weight excluding hydrogens is 205 g/mol. The molecule has 0 saturated carbocycles. The number of benzene rings is 1. The van der Waals surface area contributed by atoms with Crippen LogP contribution >= 0.6 is 0 Å². The molecule has 1 heterocycles. The fourth-order valence-corrected chi connectivity index (χ4v) is 1.85. The first-order chi connectivity index (χ1) is 6.93. The van der Waals surface area contributed by atoms with Crippen molar-refractivity contribution >= 4 is 0 Å². The van der Waals surface area contributed by atoms with Crippen LogP contribution in [0, 0.1) is 12.7 Å². The van der Waals surface area contributed by atoms with Crippen LogP contribution in [0.5, 0.6) is 5.75 Å². The third kappa shape index (κ3) is 1.48. The van der Waals surface area contributed by atoms with Crippen molar-refractivity contribution in [3.8, 4) is 5.75 Å². The van der Waals surface area contributed by atoms with Gasteiger partial charge in [-0.25, -0.2) is 13.2 Å². The molecule has 0 N–H and O–H groups in total. The van der Waals surface area contributed by atoms with Gasteiger partial charge in [-0.05, 0) is 24.6 Å². The van der Waals surface area contributed by atoms with E-state index in [-0.39, 0.29) is 11.1 Å². The molecule has 0 saturated heterocycles. The third-order valence-electron chi connectivity index (χ3n) is 2.90. The number of hydrogen-bond acceptors (Lipinski definition) is 1. The van der Waals surface area contributed by atoms with E-state index in [2.05, 4.69) is 0 Å². The summed E-state index contributed by atoms with van der Waals surface area (Å²) in [7, 11) is 0. The van der Waals surface area contributed by atoms with Gasteiger partial charge in [0, 0.05) is 5.56 Å². The van der Waals surface area contributed by atoms with Crippen LogP contribution in [0.25, 0.3) is 0 Å². The molecule has 1 atom stereocenters. The predicted molar refractivity (Wildman–Crippen MR) is 50.0 cm³/mol. The Morgan fingerprint density at radius 3 is 2.73 bits per heavy atom. The maximum absolute atomic E-state index is 13.3. The van der Waals surface area contributed by atoms with Gasteiger partial charge in [0.2, 0.25) is 0 Å². The fraction of sp³-hybridized carbons (Fsp3) is 0.455. The molecule has 1 aliphatic heterocycles. The second-order valence-electron chi connectivity index (χ2n) is 3.86. The smallest absolute Gasteiger partial charge is 0.287 e. The van der Waals surface area contributed by atoms with Crippen molar-refractivity contribution in [3.05, 3.63) is 29.1 Å². The zero-order valence-corrected chi connectivity index (χ0v) is 8.48. The zero-order valence-electron chi connectivity index (χ0n) is 8.48. The van der Waals surface area contributed by atoms with Crippen LogP contribution in [0.3, 0.4) is 0 Å². The molecule has 15 heavy (non-hydrogen) atoms. The summed E-state index contributed by atoms with van der Waals surface area (Å²) in [5.74, 6) is -4.03. The van der Waals surface area contributed by atoms with E-state index < -0.39 is 24.3 Å². The second-order valence-corrected chi connectivity index (χ2v) is 3.86. The van der Waals surface area contributed by atoms with Crippen LogP contribution in [-0.4, -0.2) is 12.5 Å². The summed E-state index contributed by atoms with van der Waals surface area (Å²) < 4.78 is 44.8. The standard InChI is InChI=1S/C11H11F3O/c1-6-8(12)3-4-9-10(6)7(2)11(13,14)5-15-9/h3-4,7H,5H2,1-2H3. The van der Waals surface area contributed by atoms with E-state index in [1.165, 1.54) is 26.0 Å². The number of hydrogen-bond donors (Lipinski definition) is 0. The number of halogens is 3. The maximum atomic E-state index is 13.3. The topological polar surface area (TPSA) is 9.23 Å². The van der Waals surface area contributed by atoms with Gasteiger partial charge in [0.1, 0.15) is 11.6 Å². The minimum atomic E-state index is -2.93. The highest BCUT2D eigenvalue weighted by Gasteiger charge is 2.44. The van der Waals surface area contributed by atoms with Gasteiger partial charge in [-0.15, -0.1) is 0 Å². The molecule has 2 rings (SSSR count). The molecule has 0 aliphatic carbocycles. The van der Waals surface area contributed by atoms with Crippen molar-refractivity contribution in [2.24, 2.45) is 0 Å². The van der Waals surface area contributed by atoms with Gasteiger partial charge in [-0.1, -0.05) is 6.92 Å². The van der Waals surface area contributed by atoms with Gasteiger partial charge in [0.15, 0.2) is 6.61 Å². The van der Waals surface area contributed by atoms with Gasteiger partial charge < -0.3 is 4.74 Å². The average molecular weight is 216 g/mol. The molecule has 0 radical (unpaired) electrons. The summed E-state index contributed by atoms with van der Waals surface area (Å²) >= 11 is 0. The van der Waals surface area contributed by atoms with Gasteiger partial charge >= 0.3 is 0 Å². The van der Waals surface area contributed by atoms with E-state index in [0.29, 0.717) is 5.75 Å². The van der Waals surface area contributed by atoms with Crippen molar-refractivity contribution in [2.45, 2.75) is 25.7 Å². The number of ether oxygens (including phenoxy) is 1. The summed E-state index contributed by atoms with van der Waals surface area (Å²) in [6, 6.07) is 2.65. The van der Waals surface area contributed by atoms with Crippen molar-refractivity contribution in [3.63, 3.8) is 0 Å². The SMILES string of the molecule is Cc1c(F)ccc2c1C(C)C(F)(F)CO2. The van der Waals surface area contributed by atoms with Crippen LogP contribution in [0.1, 0.15) is 24.0 Å². The van der Waals surface area contributed by atoms with Gasteiger partial charge in [0.25, 0.3) is 5.92 Å². The van der Waals surface area contributed by atoms with E-state index in [1.807, 2.05) is 0 Å². The first-order valence-electron chi connectivity index (χ1n) is 4.73. The van der Waals surface area contributed by atoms with Crippen LogP contribution < -0.4 is 4.74 Å². The van der Waals surface area contributed by atoms with E-state index >= 15 is 0 Å². The fourth-order valence-electron chi connectivity index (χ4n) is 1.85. The Bertz CT molecular complexity index is 401. The summed E-state index contributed by atoms with van der Waals surface area (Å²) in [5.41, 5.74) is 0.533. The molecule has 82 valence electrons. The first kappa shape index (κ1) is 10.3. The van der Waals surface area contributed by atoms with Crippen LogP contribution in [0.2, 0.25) is 0 Å². The van der Waals surface area contributed by atoms with Crippen molar-refractivity contribution in [2.75, 3.05) is 6.61 Å². The molecule has 4 heteroatoms. The summed E-state index contributed by atoms with van der Waals surface area (Å²) in [5, 5.41) is 0. The second kappa shape index (κ2) is 3.15. The number of rotatable bonds is 0. The molecule has 1 aromatic carbocycles. The Morgan fingerprint density at radius 1 is 1.40 bits per heavy atom. The van der Waals surface area contributed by atoms with E-state index in [4.69, 9.17) is 4.74 Å². The molecule has 1 unspecified atom stereocenters. The maximum Gasteiger partial charge on any atom is 0.287 e. The lowest BCUT2D eigenvalue weighted by atomic mass is 9.88. The lowest BCUT2D eigenvalue weighted by Gasteiger charge is -2.32. The Morgan fingerprint density at radius 2 is 2.07 bits per heavy atom. The van der Waals surface area contributed by atoms with Crippen molar-refractivity contribution in [1.82, 2.24) is 0 Å². The van der Waals surface area contributed by atoms with Gasteiger partial charge in [-0.3, -0.25) is 0 Å². The highest BCUT2D eigenvalue weighted by molar-refractivity contribution is 5.45. The molecule has 0 fully saturated rings. The summed E-state index contributed by atoms with van der Waals surface area (Å²) in [6.45, 7) is 2.26. The van der Waals surface area contributed by atoms with E-state index in [9.17, 15) is 13.2 Å². The Hall–Kier alpha value is -1.19. The normalized spacial score (nSPS) is 23.1. The third-order valence-corrected chi connectivity index (χ3v) is 2.90. The number of fused-ring (bicyclic) bond motifs is 1. The lowest BCUT2D eigenvalue weighted by Crippen LogP contribution is -2.36. The van der Waals surface area contributed by atoms with E-state index in [0.717, 1.165) is 0 Å². The highest BCUT2D eigenvalue weighted by atomic mass is 19.3. The van der Waals surface area contributed by atoms with Crippen LogP contribution in [0.4, 0.5) is 13.2 Å². The van der Waals surface area contributed by atoms with Crippen molar-refractivity contribution in [1.29, 1.82) is 0 Å². The first-order valence-corrected chi connectivity index (χ1v) is 4.73. The van der Waals surface area contributed by atoms with E-state index in [1.54, 1.807) is 0 Å². The number of alkyl halides is 2. The summed E-state index contributed by atoms with van der Waals surface area (Å²) in [6.07, 6.45) is 0.